The van der Waals surface area contributed by atoms with Crippen molar-refractivity contribution in [3.63, 3.8) is 0 Å². The van der Waals surface area contributed by atoms with E-state index in [0.717, 1.165) is 32.4 Å². The average molecular weight is 318 g/mol. The lowest BCUT2D eigenvalue weighted by Crippen LogP contribution is -2.04. The Morgan fingerprint density at radius 2 is 1.90 bits per heavy atom. The number of aryl methyl sites for hydroxylation is 3. The standard InChI is InChI=1S/C16H16ClN3S/c1-9-10(2)21-16-14(9)15(19-11(3)20-16)18-8-12-6-4-5-7-13(12)17/h4-7H,8H2,1-3H3,(H,18,19,20). The van der Waals surface area contributed by atoms with Gasteiger partial charge < -0.3 is 5.32 Å². The summed E-state index contributed by atoms with van der Waals surface area (Å²) in [6, 6.07) is 7.85. The van der Waals surface area contributed by atoms with Gasteiger partial charge in [0.1, 0.15) is 16.5 Å². The molecule has 21 heavy (non-hydrogen) atoms. The van der Waals surface area contributed by atoms with E-state index in [9.17, 15) is 0 Å². The molecular weight excluding hydrogens is 302 g/mol. The Hall–Kier alpha value is -1.65. The lowest BCUT2D eigenvalue weighted by atomic mass is 10.2. The second-order valence-electron chi connectivity index (χ2n) is 5.03. The predicted molar refractivity (Wildman–Crippen MR) is 90.4 cm³/mol. The van der Waals surface area contributed by atoms with Crippen molar-refractivity contribution in [1.82, 2.24) is 9.97 Å². The molecule has 0 aliphatic carbocycles. The van der Waals surface area contributed by atoms with E-state index < -0.39 is 0 Å². The molecule has 1 aromatic carbocycles. The van der Waals surface area contributed by atoms with Crippen LogP contribution >= 0.6 is 22.9 Å². The number of hydrogen-bond donors (Lipinski definition) is 1. The third-order valence-electron chi connectivity index (χ3n) is 3.54. The molecule has 0 amide bonds. The first-order chi connectivity index (χ1) is 10.1. The molecule has 2 aromatic heterocycles. The highest BCUT2D eigenvalue weighted by molar-refractivity contribution is 7.18. The van der Waals surface area contributed by atoms with Crippen LogP contribution in [0.25, 0.3) is 10.2 Å². The maximum absolute atomic E-state index is 6.20. The maximum atomic E-state index is 6.20. The van der Waals surface area contributed by atoms with Gasteiger partial charge >= 0.3 is 0 Å². The number of thiophene rings is 1. The Balaban J connectivity index is 1.99. The van der Waals surface area contributed by atoms with Gasteiger partial charge in [-0.15, -0.1) is 11.3 Å². The van der Waals surface area contributed by atoms with Crippen LogP contribution < -0.4 is 5.32 Å². The minimum absolute atomic E-state index is 0.652. The van der Waals surface area contributed by atoms with E-state index in [1.807, 2.05) is 31.2 Å². The summed E-state index contributed by atoms with van der Waals surface area (Å²) in [5.41, 5.74) is 2.31. The summed E-state index contributed by atoms with van der Waals surface area (Å²) in [6.45, 7) is 6.81. The fraction of sp³-hybridized carbons (Fsp3) is 0.250. The molecular formula is C16H16ClN3S. The lowest BCUT2D eigenvalue weighted by molar-refractivity contribution is 1.05. The molecule has 0 spiro atoms. The first-order valence-electron chi connectivity index (χ1n) is 6.78. The highest BCUT2D eigenvalue weighted by Gasteiger charge is 2.13. The summed E-state index contributed by atoms with van der Waals surface area (Å²) in [7, 11) is 0. The van der Waals surface area contributed by atoms with Crippen molar-refractivity contribution in [2.45, 2.75) is 27.3 Å². The van der Waals surface area contributed by atoms with Gasteiger partial charge in [-0.3, -0.25) is 0 Å². The number of halogens is 1. The van der Waals surface area contributed by atoms with Gasteiger partial charge in [0.15, 0.2) is 0 Å². The summed E-state index contributed by atoms with van der Waals surface area (Å²) in [6.07, 6.45) is 0. The van der Waals surface area contributed by atoms with Gasteiger partial charge in [-0.05, 0) is 38.0 Å². The van der Waals surface area contributed by atoms with Crippen molar-refractivity contribution >= 4 is 39.0 Å². The summed E-state index contributed by atoms with van der Waals surface area (Å²) < 4.78 is 0. The Kier molecular flexibility index (Phi) is 3.83. The third-order valence-corrected chi connectivity index (χ3v) is 5.01. The monoisotopic (exact) mass is 317 g/mol. The smallest absolute Gasteiger partial charge is 0.139 e. The van der Waals surface area contributed by atoms with Crippen molar-refractivity contribution in [2.75, 3.05) is 5.32 Å². The lowest BCUT2D eigenvalue weighted by Gasteiger charge is -2.09. The molecule has 0 atom stereocenters. The predicted octanol–water partition coefficient (Wildman–Crippen LogP) is 4.88. The molecule has 0 saturated heterocycles. The number of hydrogen-bond acceptors (Lipinski definition) is 4. The van der Waals surface area contributed by atoms with Crippen LogP contribution in [0.1, 0.15) is 21.8 Å². The van der Waals surface area contributed by atoms with E-state index in [0.29, 0.717) is 6.54 Å². The zero-order valence-electron chi connectivity index (χ0n) is 12.2. The first-order valence-corrected chi connectivity index (χ1v) is 7.97. The maximum Gasteiger partial charge on any atom is 0.139 e. The fourth-order valence-corrected chi connectivity index (χ4v) is 3.58. The quantitative estimate of drug-likeness (QED) is 0.748. The van der Waals surface area contributed by atoms with E-state index in [4.69, 9.17) is 11.6 Å². The molecule has 108 valence electrons. The van der Waals surface area contributed by atoms with Gasteiger partial charge in [0.25, 0.3) is 0 Å². The zero-order chi connectivity index (χ0) is 15.0. The zero-order valence-corrected chi connectivity index (χ0v) is 13.8. The normalized spacial score (nSPS) is 11.0. The number of aromatic nitrogens is 2. The average Bonchev–Trinajstić information content (AvgIpc) is 2.72. The molecule has 0 unspecified atom stereocenters. The van der Waals surface area contributed by atoms with E-state index in [2.05, 4.69) is 29.1 Å². The number of nitrogens with zero attached hydrogens (tertiary/aromatic N) is 2. The van der Waals surface area contributed by atoms with E-state index in [1.165, 1.54) is 10.4 Å². The number of fused-ring (bicyclic) bond motifs is 1. The van der Waals surface area contributed by atoms with Crippen LogP contribution in [-0.4, -0.2) is 9.97 Å². The SMILES string of the molecule is Cc1nc(NCc2ccccc2Cl)c2c(C)c(C)sc2n1. The molecule has 0 bridgehead atoms. The Morgan fingerprint density at radius 3 is 2.67 bits per heavy atom. The topological polar surface area (TPSA) is 37.8 Å². The molecule has 0 radical (unpaired) electrons. The van der Waals surface area contributed by atoms with Gasteiger partial charge in [0.05, 0.1) is 5.39 Å². The molecule has 3 rings (SSSR count). The number of rotatable bonds is 3. The van der Waals surface area contributed by atoms with Crippen LogP contribution in [0.4, 0.5) is 5.82 Å². The molecule has 5 heteroatoms. The molecule has 0 aliphatic rings. The van der Waals surface area contributed by atoms with Crippen LogP contribution in [-0.2, 0) is 6.54 Å². The Morgan fingerprint density at radius 1 is 1.14 bits per heavy atom. The van der Waals surface area contributed by atoms with E-state index >= 15 is 0 Å². The molecule has 2 heterocycles. The van der Waals surface area contributed by atoms with Crippen LogP contribution in [0, 0.1) is 20.8 Å². The Bertz CT molecular complexity index is 811. The minimum Gasteiger partial charge on any atom is -0.365 e. The largest absolute Gasteiger partial charge is 0.365 e. The van der Waals surface area contributed by atoms with Crippen molar-refractivity contribution in [1.29, 1.82) is 0 Å². The summed E-state index contributed by atoms with van der Waals surface area (Å²) in [5, 5.41) is 5.30. The van der Waals surface area contributed by atoms with Crippen molar-refractivity contribution in [2.24, 2.45) is 0 Å². The van der Waals surface area contributed by atoms with Crippen LogP contribution in [0.15, 0.2) is 24.3 Å². The minimum atomic E-state index is 0.652. The highest BCUT2D eigenvalue weighted by Crippen LogP contribution is 2.33. The number of nitrogens with one attached hydrogen (secondary N) is 1. The molecule has 3 nitrogen and oxygen atoms in total. The molecule has 1 N–H and O–H groups in total. The molecule has 0 saturated carbocycles. The second kappa shape index (κ2) is 5.62. The van der Waals surface area contributed by atoms with Crippen molar-refractivity contribution < 1.29 is 0 Å². The van der Waals surface area contributed by atoms with Crippen molar-refractivity contribution in [3.8, 4) is 0 Å². The molecule has 0 fully saturated rings. The summed E-state index contributed by atoms with van der Waals surface area (Å²) in [5.74, 6) is 1.67. The summed E-state index contributed by atoms with van der Waals surface area (Å²) >= 11 is 7.92. The second-order valence-corrected chi connectivity index (χ2v) is 6.64. The molecule has 3 aromatic rings. The Labute approximate surface area is 133 Å². The van der Waals surface area contributed by atoms with Crippen molar-refractivity contribution in [3.05, 3.63) is 51.1 Å². The number of benzene rings is 1. The van der Waals surface area contributed by atoms with Crippen LogP contribution in [0.2, 0.25) is 5.02 Å². The number of anilines is 1. The van der Waals surface area contributed by atoms with E-state index in [-0.39, 0.29) is 0 Å². The van der Waals surface area contributed by atoms with E-state index in [1.54, 1.807) is 11.3 Å². The van der Waals surface area contributed by atoms with Crippen LogP contribution in [0.3, 0.4) is 0 Å². The van der Waals surface area contributed by atoms with Gasteiger partial charge in [0.2, 0.25) is 0 Å². The third kappa shape index (κ3) is 2.74. The first kappa shape index (κ1) is 14.3. The van der Waals surface area contributed by atoms with Gasteiger partial charge in [-0.25, -0.2) is 9.97 Å². The van der Waals surface area contributed by atoms with Gasteiger partial charge in [-0.2, -0.15) is 0 Å². The highest BCUT2D eigenvalue weighted by atomic mass is 35.5. The summed E-state index contributed by atoms with van der Waals surface area (Å²) in [4.78, 5) is 11.4. The van der Waals surface area contributed by atoms with Crippen LogP contribution in [0.5, 0.6) is 0 Å². The fourth-order valence-electron chi connectivity index (χ4n) is 2.30. The molecule has 0 aliphatic heterocycles. The van der Waals surface area contributed by atoms with Gasteiger partial charge in [-0.1, -0.05) is 29.8 Å². The van der Waals surface area contributed by atoms with Gasteiger partial charge in [0, 0.05) is 16.4 Å².